The average molecular weight is 333 g/mol. The van der Waals surface area contributed by atoms with Gasteiger partial charge in [0, 0.05) is 21.7 Å². The monoisotopic (exact) mass is 333 g/mol. The van der Waals surface area contributed by atoms with Crippen molar-refractivity contribution < 1.29 is 4.42 Å². The molecule has 2 aromatic heterocycles. The first kappa shape index (κ1) is 13.7. The summed E-state index contributed by atoms with van der Waals surface area (Å²) in [5.74, 6) is 0. The zero-order valence-corrected chi connectivity index (χ0v) is 14.0. The minimum Gasteiger partial charge on any atom is -0.455 e. The number of hydrogen-bond donors (Lipinski definition) is 1. The van der Waals surface area contributed by atoms with Crippen LogP contribution in [0.25, 0.3) is 54.9 Å². The van der Waals surface area contributed by atoms with Gasteiger partial charge in [-0.15, -0.1) is 0 Å². The van der Waals surface area contributed by atoms with E-state index in [9.17, 15) is 0 Å². The van der Waals surface area contributed by atoms with E-state index in [1.807, 2.05) is 18.2 Å². The summed E-state index contributed by atoms with van der Waals surface area (Å²) in [5.41, 5.74) is 6.58. The van der Waals surface area contributed by atoms with Gasteiger partial charge >= 0.3 is 0 Å². The lowest BCUT2D eigenvalue weighted by atomic mass is 10.0. The smallest absolute Gasteiger partial charge is 0.145 e. The first-order valence-electron chi connectivity index (χ1n) is 8.80. The van der Waals surface area contributed by atoms with E-state index in [1.165, 1.54) is 21.9 Å². The lowest BCUT2D eigenvalue weighted by Crippen LogP contribution is -1.79. The fourth-order valence-corrected chi connectivity index (χ4v) is 4.05. The van der Waals surface area contributed by atoms with Gasteiger partial charge in [-0.25, -0.2) is 0 Å². The van der Waals surface area contributed by atoms with E-state index >= 15 is 0 Å². The maximum atomic E-state index is 6.26. The van der Waals surface area contributed by atoms with Crippen molar-refractivity contribution in [3.05, 3.63) is 84.9 Å². The highest BCUT2D eigenvalue weighted by Gasteiger charge is 2.15. The van der Waals surface area contributed by atoms with Crippen LogP contribution in [0.3, 0.4) is 0 Å². The summed E-state index contributed by atoms with van der Waals surface area (Å²) >= 11 is 0. The van der Waals surface area contributed by atoms with E-state index in [4.69, 9.17) is 4.42 Å². The van der Waals surface area contributed by atoms with E-state index < -0.39 is 0 Å². The SMILES string of the molecule is c1ccc(-c2cccc3c2[nH]c2ccc4c5ccccc5oc4c23)cc1. The van der Waals surface area contributed by atoms with Gasteiger partial charge in [0.05, 0.1) is 16.4 Å². The van der Waals surface area contributed by atoms with Gasteiger partial charge in [0.2, 0.25) is 0 Å². The third kappa shape index (κ3) is 1.76. The van der Waals surface area contributed by atoms with Crippen LogP contribution in [-0.2, 0) is 0 Å². The van der Waals surface area contributed by atoms with Gasteiger partial charge < -0.3 is 9.40 Å². The Bertz CT molecular complexity index is 1420. The number of rotatable bonds is 1. The molecule has 122 valence electrons. The van der Waals surface area contributed by atoms with Crippen molar-refractivity contribution in [1.82, 2.24) is 4.98 Å². The van der Waals surface area contributed by atoms with Gasteiger partial charge in [0.25, 0.3) is 0 Å². The number of aromatic amines is 1. The summed E-state index contributed by atoms with van der Waals surface area (Å²) in [6, 6.07) is 29.5. The van der Waals surface area contributed by atoms with Crippen LogP contribution < -0.4 is 0 Å². The summed E-state index contributed by atoms with van der Waals surface area (Å²) in [6.07, 6.45) is 0. The standard InChI is InChI=1S/C24H15NO/c1-2-7-15(8-3-1)16-10-6-11-19-22-20(25-23(16)19)14-13-18-17-9-4-5-12-21(17)26-24(18)22/h1-14,25H. The fourth-order valence-electron chi connectivity index (χ4n) is 4.05. The van der Waals surface area contributed by atoms with Crippen LogP contribution in [0.4, 0.5) is 0 Å². The third-order valence-electron chi connectivity index (χ3n) is 5.23. The first-order valence-corrected chi connectivity index (χ1v) is 8.80. The first-order chi connectivity index (χ1) is 12.9. The predicted molar refractivity (Wildman–Crippen MR) is 109 cm³/mol. The second-order valence-corrected chi connectivity index (χ2v) is 6.68. The summed E-state index contributed by atoms with van der Waals surface area (Å²) in [7, 11) is 0. The van der Waals surface area contributed by atoms with Gasteiger partial charge in [-0.1, -0.05) is 66.7 Å². The number of benzene rings is 4. The van der Waals surface area contributed by atoms with Gasteiger partial charge in [0.1, 0.15) is 11.2 Å². The second kappa shape index (κ2) is 4.99. The Morgan fingerprint density at radius 2 is 1.42 bits per heavy atom. The molecule has 0 spiro atoms. The highest BCUT2D eigenvalue weighted by atomic mass is 16.3. The molecule has 0 radical (unpaired) electrons. The Labute approximate surface area is 149 Å². The molecule has 0 saturated heterocycles. The molecule has 1 N–H and O–H groups in total. The molecule has 2 nitrogen and oxygen atoms in total. The highest BCUT2D eigenvalue weighted by molar-refractivity contribution is 6.24. The lowest BCUT2D eigenvalue weighted by molar-refractivity contribution is 0.673. The molecule has 0 unspecified atom stereocenters. The van der Waals surface area contributed by atoms with E-state index in [0.717, 1.165) is 33.0 Å². The Balaban J connectivity index is 1.80. The van der Waals surface area contributed by atoms with Crippen molar-refractivity contribution in [3.63, 3.8) is 0 Å². The van der Waals surface area contributed by atoms with Crippen molar-refractivity contribution in [2.45, 2.75) is 0 Å². The molecule has 6 rings (SSSR count). The molecule has 6 aromatic rings. The number of nitrogens with one attached hydrogen (secondary N) is 1. The molecule has 0 fully saturated rings. The number of hydrogen-bond acceptors (Lipinski definition) is 1. The maximum absolute atomic E-state index is 6.26. The van der Waals surface area contributed by atoms with Crippen LogP contribution in [-0.4, -0.2) is 4.98 Å². The molecular weight excluding hydrogens is 318 g/mol. The van der Waals surface area contributed by atoms with Crippen molar-refractivity contribution in [1.29, 1.82) is 0 Å². The van der Waals surface area contributed by atoms with E-state index in [0.29, 0.717) is 0 Å². The van der Waals surface area contributed by atoms with Gasteiger partial charge in [-0.3, -0.25) is 0 Å². The van der Waals surface area contributed by atoms with Crippen LogP contribution in [0.5, 0.6) is 0 Å². The van der Waals surface area contributed by atoms with Gasteiger partial charge in [-0.05, 0) is 23.8 Å². The average Bonchev–Trinajstić information content (AvgIpc) is 3.26. The van der Waals surface area contributed by atoms with E-state index in [2.05, 4.69) is 71.7 Å². The number of fused-ring (bicyclic) bond motifs is 7. The van der Waals surface area contributed by atoms with Crippen LogP contribution >= 0.6 is 0 Å². The lowest BCUT2D eigenvalue weighted by Gasteiger charge is -2.03. The number of furan rings is 1. The van der Waals surface area contributed by atoms with E-state index in [1.54, 1.807) is 0 Å². The Kier molecular flexibility index (Phi) is 2.64. The quantitative estimate of drug-likeness (QED) is 0.349. The summed E-state index contributed by atoms with van der Waals surface area (Å²) in [4.78, 5) is 3.62. The fraction of sp³-hybridized carbons (Fsp3) is 0. The molecule has 2 heterocycles. The molecule has 0 aliphatic rings. The zero-order chi connectivity index (χ0) is 17.1. The van der Waals surface area contributed by atoms with Gasteiger partial charge in [0.15, 0.2) is 0 Å². The van der Waals surface area contributed by atoms with Crippen molar-refractivity contribution in [3.8, 4) is 11.1 Å². The predicted octanol–water partition coefficient (Wildman–Crippen LogP) is 6.89. The van der Waals surface area contributed by atoms with Crippen LogP contribution in [0.2, 0.25) is 0 Å². The topological polar surface area (TPSA) is 28.9 Å². The molecule has 0 aliphatic heterocycles. The van der Waals surface area contributed by atoms with Gasteiger partial charge in [-0.2, -0.15) is 0 Å². The summed E-state index contributed by atoms with van der Waals surface area (Å²) in [5, 5.41) is 4.69. The minimum absolute atomic E-state index is 0.934. The highest BCUT2D eigenvalue weighted by Crippen LogP contribution is 2.39. The Hall–Kier alpha value is -3.52. The number of para-hydroxylation sites is 2. The van der Waals surface area contributed by atoms with Crippen molar-refractivity contribution in [2.24, 2.45) is 0 Å². The summed E-state index contributed by atoms with van der Waals surface area (Å²) in [6.45, 7) is 0. The molecule has 0 amide bonds. The van der Waals surface area contributed by atoms with Crippen LogP contribution in [0.15, 0.2) is 89.3 Å². The molecule has 0 saturated carbocycles. The maximum Gasteiger partial charge on any atom is 0.145 e. The van der Waals surface area contributed by atoms with Crippen LogP contribution in [0, 0.1) is 0 Å². The van der Waals surface area contributed by atoms with Crippen molar-refractivity contribution >= 4 is 43.7 Å². The minimum atomic E-state index is 0.934. The number of H-pyrrole nitrogens is 1. The molecule has 0 bridgehead atoms. The van der Waals surface area contributed by atoms with Crippen molar-refractivity contribution in [2.75, 3.05) is 0 Å². The Morgan fingerprint density at radius 1 is 0.615 bits per heavy atom. The molecule has 0 aliphatic carbocycles. The van der Waals surface area contributed by atoms with E-state index in [-0.39, 0.29) is 0 Å². The molecule has 4 aromatic carbocycles. The van der Waals surface area contributed by atoms with Crippen LogP contribution in [0.1, 0.15) is 0 Å². The number of aromatic nitrogens is 1. The Morgan fingerprint density at radius 3 is 2.35 bits per heavy atom. The molecular formula is C24H15NO. The summed E-state index contributed by atoms with van der Waals surface area (Å²) < 4.78 is 6.26. The largest absolute Gasteiger partial charge is 0.455 e. The third-order valence-corrected chi connectivity index (χ3v) is 5.23. The normalized spacial score (nSPS) is 11.8. The molecule has 2 heteroatoms. The molecule has 26 heavy (non-hydrogen) atoms. The second-order valence-electron chi connectivity index (χ2n) is 6.68. The zero-order valence-electron chi connectivity index (χ0n) is 14.0. The molecule has 0 atom stereocenters.